The van der Waals surface area contributed by atoms with E-state index in [0.717, 1.165) is 32.1 Å². The summed E-state index contributed by atoms with van der Waals surface area (Å²) in [5, 5.41) is 4.10. The number of nitrogens with two attached hydrogens (primary N) is 1. The summed E-state index contributed by atoms with van der Waals surface area (Å²) in [6, 6.07) is 16.8. The molecule has 0 radical (unpaired) electrons. The van der Waals surface area contributed by atoms with Crippen LogP contribution in [0.5, 0.6) is 5.75 Å². The predicted octanol–water partition coefficient (Wildman–Crippen LogP) is 4.51. The molecule has 2 aromatic carbocycles. The van der Waals surface area contributed by atoms with E-state index >= 15 is 0 Å². The van der Waals surface area contributed by atoms with Crippen molar-refractivity contribution < 1.29 is 14.3 Å². The number of anilines is 1. The third-order valence-corrected chi connectivity index (χ3v) is 7.12. The maximum absolute atomic E-state index is 13.2. The molecule has 2 amide bonds. The van der Waals surface area contributed by atoms with Gasteiger partial charge in [-0.05, 0) is 43.3 Å². The van der Waals surface area contributed by atoms with E-state index in [1.54, 1.807) is 13.2 Å². The number of nitrogens with one attached hydrogen (secondary N) is 1. The Morgan fingerprint density at radius 3 is 2.59 bits per heavy atom. The van der Waals surface area contributed by atoms with Crippen molar-refractivity contribution in [3.63, 3.8) is 0 Å². The Morgan fingerprint density at radius 2 is 1.88 bits per heavy atom. The summed E-state index contributed by atoms with van der Waals surface area (Å²) in [7, 11) is 1.61. The van der Waals surface area contributed by atoms with Gasteiger partial charge in [0.25, 0.3) is 5.91 Å². The molecule has 32 heavy (non-hydrogen) atoms. The number of hydrogen-bond acceptors (Lipinski definition) is 7. The molecule has 0 fully saturated rings. The Morgan fingerprint density at radius 1 is 1.12 bits per heavy atom. The van der Waals surface area contributed by atoms with Gasteiger partial charge in [0.05, 0.1) is 39.5 Å². The van der Waals surface area contributed by atoms with E-state index in [4.69, 9.17) is 15.5 Å². The van der Waals surface area contributed by atoms with Crippen molar-refractivity contribution >= 4 is 50.9 Å². The quantitative estimate of drug-likeness (QED) is 0.390. The van der Waals surface area contributed by atoms with Gasteiger partial charge in [-0.3, -0.25) is 14.9 Å². The fourth-order valence-electron chi connectivity index (χ4n) is 3.14. The summed E-state index contributed by atoms with van der Waals surface area (Å²) in [4.78, 5) is 33.4. The zero-order valence-electron chi connectivity index (χ0n) is 17.4. The Kier molecular flexibility index (Phi) is 6.38. The second-order valence-electron chi connectivity index (χ2n) is 6.90. The standard InChI is InChI=1S/C23H20N4O3S2/c1-13-22(31-12-20(24)28)32-23(25-13)27-21(29)17-11-19(14-7-9-15(30-2)10-8-14)26-18-6-4-3-5-16(17)18/h3-11H,12H2,1-2H3,(H2,24,28)(H,25,27,29). The van der Waals surface area contributed by atoms with Crippen LogP contribution in [0.25, 0.3) is 22.2 Å². The highest BCUT2D eigenvalue weighted by molar-refractivity contribution is 8.01. The number of aryl methyl sites for hydroxylation is 1. The van der Waals surface area contributed by atoms with Crippen molar-refractivity contribution in [3.8, 4) is 17.0 Å². The summed E-state index contributed by atoms with van der Waals surface area (Å²) in [5.74, 6) is 0.231. The Bertz CT molecular complexity index is 1300. The molecular weight excluding hydrogens is 444 g/mol. The molecule has 4 rings (SSSR count). The summed E-state index contributed by atoms with van der Waals surface area (Å²) < 4.78 is 6.07. The molecule has 0 aliphatic heterocycles. The molecular formula is C23H20N4O3S2. The second kappa shape index (κ2) is 9.37. The number of rotatable bonds is 7. The first kappa shape index (κ1) is 21.8. The molecule has 0 bridgehead atoms. The number of hydrogen-bond donors (Lipinski definition) is 2. The number of thioether (sulfide) groups is 1. The van der Waals surface area contributed by atoms with Crippen LogP contribution < -0.4 is 15.8 Å². The number of carbonyl (C=O) groups excluding carboxylic acids is 2. The van der Waals surface area contributed by atoms with Crippen LogP contribution in [0.1, 0.15) is 16.1 Å². The smallest absolute Gasteiger partial charge is 0.258 e. The Labute approximate surface area is 193 Å². The molecule has 0 aliphatic rings. The Balaban J connectivity index is 1.67. The number of aromatic nitrogens is 2. The summed E-state index contributed by atoms with van der Waals surface area (Å²) >= 11 is 2.63. The van der Waals surface area contributed by atoms with Gasteiger partial charge in [-0.15, -0.1) is 11.8 Å². The first-order chi connectivity index (χ1) is 15.4. The number of methoxy groups -OCH3 is 1. The number of amides is 2. The molecule has 0 saturated heterocycles. The highest BCUT2D eigenvalue weighted by Crippen LogP contribution is 2.33. The number of benzene rings is 2. The normalized spacial score (nSPS) is 10.8. The minimum absolute atomic E-state index is 0.163. The molecule has 7 nitrogen and oxygen atoms in total. The van der Waals surface area contributed by atoms with E-state index in [9.17, 15) is 9.59 Å². The van der Waals surface area contributed by atoms with E-state index in [1.165, 1.54) is 23.1 Å². The van der Waals surface area contributed by atoms with Crippen molar-refractivity contribution in [1.29, 1.82) is 0 Å². The van der Waals surface area contributed by atoms with Gasteiger partial charge >= 0.3 is 0 Å². The highest BCUT2D eigenvalue weighted by Gasteiger charge is 2.17. The summed E-state index contributed by atoms with van der Waals surface area (Å²) in [6.07, 6.45) is 0. The summed E-state index contributed by atoms with van der Waals surface area (Å²) in [5.41, 5.74) is 8.75. The molecule has 3 N–H and O–H groups in total. The van der Waals surface area contributed by atoms with Gasteiger partial charge in [0.15, 0.2) is 5.13 Å². The van der Waals surface area contributed by atoms with Gasteiger partial charge in [0.2, 0.25) is 5.91 Å². The highest BCUT2D eigenvalue weighted by atomic mass is 32.2. The first-order valence-electron chi connectivity index (χ1n) is 9.68. The number of para-hydroxylation sites is 1. The van der Waals surface area contributed by atoms with Crippen LogP contribution in [-0.4, -0.2) is 34.6 Å². The van der Waals surface area contributed by atoms with Crippen LogP contribution in [0.15, 0.2) is 58.8 Å². The number of nitrogens with zero attached hydrogens (tertiary/aromatic N) is 2. The number of thiazole rings is 1. The number of fused-ring (bicyclic) bond motifs is 1. The average Bonchev–Trinajstić information content (AvgIpc) is 3.15. The maximum Gasteiger partial charge on any atom is 0.258 e. The molecule has 0 saturated carbocycles. The van der Waals surface area contributed by atoms with E-state index < -0.39 is 5.91 Å². The van der Waals surface area contributed by atoms with Gasteiger partial charge in [-0.25, -0.2) is 9.97 Å². The monoisotopic (exact) mass is 464 g/mol. The van der Waals surface area contributed by atoms with Crippen LogP contribution in [0.3, 0.4) is 0 Å². The lowest BCUT2D eigenvalue weighted by Gasteiger charge is -2.10. The second-order valence-corrected chi connectivity index (χ2v) is 9.14. The predicted molar refractivity (Wildman–Crippen MR) is 128 cm³/mol. The minimum Gasteiger partial charge on any atom is -0.497 e. The van der Waals surface area contributed by atoms with Crippen molar-refractivity contribution in [3.05, 3.63) is 65.9 Å². The third kappa shape index (κ3) is 4.74. The average molecular weight is 465 g/mol. The lowest BCUT2D eigenvalue weighted by atomic mass is 10.0. The molecule has 162 valence electrons. The molecule has 4 aromatic rings. The van der Waals surface area contributed by atoms with Crippen molar-refractivity contribution in [1.82, 2.24) is 9.97 Å². The molecule has 0 unspecified atom stereocenters. The van der Waals surface area contributed by atoms with Crippen LogP contribution in [-0.2, 0) is 4.79 Å². The Hall–Kier alpha value is -3.43. The van der Waals surface area contributed by atoms with Crippen molar-refractivity contribution in [2.75, 3.05) is 18.2 Å². The van der Waals surface area contributed by atoms with Gasteiger partial charge in [0, 0.05) is 10.9 Å². The van der Waals surface area contributed by atoms with E-state index in [0.29, 0.717) is 16.4 Å². The number of carbonyl (C=O) groups is 2. The molecule has 2 heterocycles. The molecule has 2 aromatic heterocycles. The lowest BCUT2D eigenvalue weighted by Crippen LogP contribution is -2.13. The topological polar surface area (TPSA) is 107 Å². The fraction of sp³-hybridized carbons (Fsp3) is 0.130. The van der Waals surface area contributed by atoms with Gasteiger partial charge in [0.1, 0.15) is 5.75 Å². The van der Waals surface area contributed by atoms with Crippen LogP contribution in [0, 0.1) is 6.92 Å². The SMILES string of the molecule is COc1ccc(-c2cc(C(=O)Nc3nc(C)c(SCC(N)=O)s3)c3ccccc3n2)cc1. The summed E-state index contributed by atoms with van der Waals surface area (Å²) in [6.45, 7) is 1.83. The van der Waals surface area contributed by atoms with Gasteiger partial charge in [-0.2, -0.15) is 0 Å². The van der Waals surface area contributed by atoms with E-state index in [2.05, 4.69) is 10.3 Å². The zero-order chi connectivity index (χ0) is 22.7. The number of primary amides is 1. The largest absolute Gasteiger partial charge is 0.497 e. The van der Waals surface area contributed by atoms with Gasteiger partial charge in [-0.1, -0.05) is 29.5 Å². The maximum atomic E-state index is 13.2. The van der Waals surface area contributed by atoms with Crippen LogP contribution >= 0.6 is 23.1 Å². The zero-order valence-corrected chi connectivity index (χ0v) is 19.0. The van der Waals surface area contributed by atoms with Crippen LogP contribution in [0.4, 0.5) is 5.13 Å². The van der Waals surface area contributed by atoms with Crippen molar-refractivity contribution in [2.45, 2.75) is 11.1 Å². The number of pyridine rings is 1. The molecule has 0 aliphatic carbocycles. The molecule has 0 spiro atoms. The van der Waals surface area contributed by atoms with Gasteiger partial charge < -0.3 is 10.5 Å². The van der Waals surface area contributed by atoms with Crippen LogP contribution in [0.2, 0.25) is 0 Å². The fourth-order valence-corrected chi connectivity index (χ4v) is 5.02. The molecule has 0 atom stereocenters. The number of ether oxygens (including phenoxy) is 1. The first-order valence-corrected chi connectivity index (χ1v) is 11.5. The third-order valence-electron chi connectivity index (χ3n) is 4.67. The molecule has 9 heteroatoms. The van der Waals surface area contributed by atoms with E-state index in [-0.39, 0.29) is 11.7 Å². The van der Waals surface area contributed by atoms with Crippen molar-refractivity contribution in [2.24, 2.45) is 5.73 Å². The lowest BCUT2D eigenvalue weighted by molar-refractivity contribution is -0.115. The minimum atomic E-state index is -0.400. The van der Waals surface area contributed by atoms with E-state index in [1.807, 2.05) is 55.5 Å².